The summed E-state index contributed by atoms with van der Waals surface area (Å²) in [5.74, 6) is 0.739. The van der Waals surface area contributed by atoms with Gasteiger partial charge in [0.25, 0.3) is 0 Å². The van der Waals surface area contributed by atoms with Crippen LogP contribution in [0.5, 0.6) is 5.75 Å². The minimum Gasteiger partial charge on any atom is -0.488 e. The predicted octanol–water partition coefficient (Wildman–Crippen LogP) is 5.99. The van der Waals surface area contributed by atoms with Gasteiger partial charge in [0, 0.05) is 13.0 Å². The largest absolute Gasteiger partial charge is 0.488 e. The van der Waals surface area contributed by atoms with Crippen LogP contribution in [-0.2, 0) is 27.2 Å². The summed E-state index contributed by atoms with van der Waals surface area (Å²) in [5.41, 5.74) is 2.73. The molecule has 1 heterocycles. The summed E-state index contributed by atoms with van der Waals surface area (Å²) in [4.78, 5) is 26.5. The fourth-order valence-electron chi connectivity index (χ4n) is 6.01. The van der Waals surface area contributed by atoms with E-state index in [0.29, 0.717) is 29.6 Å². The molecular formula is C32H43FN2O5. The number of ether oxygens (including phenoxy) is 3. The lowest BCUT2D eigenvalue weighted by Gasteiger charge is -2.30. The number of carbonyl (C=O) groups is 2. The number of nitrogens with zero attached hydrogens (tertiary/aromatic N) is 1. The molecule has 2 aliphatic rings. The van der Waals surface area contributed by atoms with Crippen LogP contribution in [-0.4, -0.2) is 55.4 Å². The van der Waals surface area contributed by atoms with E-state index in [4.69, 9.17) is 14.2 Å². The van der Waals surface area contributed by atoms with E-state index in [0.717, 1.165) is 32.2 Å². The summed E-state index contributed by atoms with van der Waals surface area (Å²) in [6.07, 6.45) is 4.21. The molecule has 1 amide bonds. The number of carbonyl (C=O) groups excluding carboxylic acids is 2. The molecule has 1 aliphatic heterocycles. The second-order valence-corrected chi connectivity index (χ2v) is 12.1. The smallest absolute Gasteiger partial charge is 0.411 e. The van der Waals surface area contributed by atoms with Crippen molar-refractivity contribution < 1.29 is 28.2 Å². The number of rotatable bonds is 8. The van der Waals surface area contributed by atoms with Crippen molar-refractivity contribution in [3.63, 3.8) is 0 Å². The first-order valence-corrected chi connectivity index (χ1v) is 14.3. The van der Waals surface area contributed by atoms with E-state index >= 15 is 0 Å². The molecule has 218 valence electrons. The molecule has 40 heavy (non-hydrogen) atoms. The third-order valence-corrected chi connectivity index (χ3v) is 7.90. The lowest BCUT2D eigenvalue weighted by atomic mass is 9.75. The van der Waals surface area contributed by atoms with E-state index in [-0.39, 0.29) is 18.8 Å². The molecule has 7 nitrogen and oxygen atoms in total. The zero-order valence-corrected chi connectivity index (χ0v) is 24.4. The highest BCUT2D eigenvalue weighted by Gasteiger charge is 2.43. The first-order valence-electron chi connectivity index (χ1n) is 14.3. The molecule has 1 saturated carbocycles. The van der Waals surface area contributed by atoms with Gasteiger partial charge in [-0.25, -0.2) is 14.0 Å². The Labute approximate surface area is 237 Å². The molecule has 8 heteroatoms. The highest BCUT2D eigenvalue weighted by Crippen LogP contribution is 2.39. The molecule has 2 atom stereocenters. The van der Waals surface area contributed by atoms with Gasteiger partial charge in [0.15, 0.2) is 0 Å². The zero-order chi connectivity index (χ0) is 28.9. The first-order chi connectivity index (χ1) is 19.1. The van der Waals surface area contributed by atoms with Gasteiger partial charge >= 0.3 is 12.1 Å². The van der Waals surface area contributed by atoms with E-state index in [2.05, 4.69) is 29.6 Å². The number of halogens is 1. The van der Waals surface area contributed by atoms with Crippen molar-refractivity contribution in [2.24, 2.45) is 5.92 Å². The molecule has 2 aromatic carbocycles. The summed E-state index contributed by atoms with van der Waals surface area (Å²) >= 11 is 0. The van der Waals surface area contributed by atoms with E-state index < -0.39 is 29.8 Å². The molecule has 1 saturated heterocycles. The maximum Gasteiger partial charge on any atom is 0.411 e. The third kappa shape index (κ3) is 7.53. The molecular weight excluding hydrogens is 511 g/mol. The molecule has 0 bridgehead atoms. The number of likely N-dealkylation sites (tertiary alicyclic amines) is 1. The van der Waals surface area contributed by atoms with Gasteiger partial charge in [-0.3, -0.25) is 4.90 Å². The van der Waals surface area contributed by atoms with Gasteiger partial charge in [-0.15, -0.1) is 0 Å². The number of hydrogen-bond donors (Lipinski definition) is 1. The zero-order valence-electron chi connectivity index (χ0n) is 24.4. The second-order valence-electron chi connectivity index (χ2n) is 12.1. The number of hydrogen-bond acceptors (Lipinski definition) is 6. The monoisotopic (exact) mass is 554 g/mol. The lowest BCUT2D eigenvalue weighted by Crippen LogP contribution is -2.44. The Balaban J connectivity index is 1.38. The third-order valence-electron chi connectivity index (χ3n) is 7.90. The maximum atomic E-state index is 14.9. The first kappa shape index (κ1) is 29.8. The van der Waals surface area contributed by atoms with Crippen molar-refractivity contribution in [2.45, 2.75) is 89.5 Å². The van der Waals surface area contributed by atoms with Crippen LogP contribution in [0.15, 0.2) is 42.5 Å². The fraction of sp³-hybridized carbons (Fsp3) is 0.562. The van der Waals surface area contributed by atoms with Gasteiger partial charge in [-0.1, -0.05) is 24.3 Å². The second kappa shape index (κ2) is 13.0. The molecule has 0 unspecified atom stereocenters. The van der Waals surface area contributed by atoms with E-state index in [1.165, 1.54) is 29.2 Å². The van der Waals surface area contributed by atoms with Crippen molar-refractivity contribution in [3.8, 4) is 5.75 Å². The highest BCUT2D eigenvalue weighted by molar-refractivity contribution is 5.82. The van der Waals surface area contributed by atoms with E-state index in [1.54, 1.807) is 32.9 Å². The van der Waals surface area contributed by atoms with Gasteiger partial charge in [0.05, 0.1) is 13.7 Å². The number of nitrogens with one attached hydrogen (secondary N) is 1. The lowest BCUT2D eigenvalue weighted by molar-refractivity contribution is -0.145. The van der Waals surface area contributed by atoms with Crippen LogP contribution in [0, 0.1) is 11.7 Å². The van der Waals surface area contributed by atoms with Crippen LogP contribution in [0.3, 0.4) is 0 Å². The Morgan fingerprint density at radius 3 is 2.45 bits per heavy atom. The Morgan fingerprint density at radius 1 is 1.05 bits per heavy atom. The van der Waals surface area contributed by atoms with Crippen molar-refractivity contribution in [1.82, 2.24) is 10.2 Å². The molecule has 1 N–H and O–H groups in total. The molecule has 0 aromatic heterocycles. The van der Waals surface area contributed by atoms with Crippen LogP contribution in [0.4, 0.5) is 9.18 Å². The van der Waals surface area contributed by atoms with Crippen molar-refractivity contribution in [3.05, 3.63) is 65.0 Å². The standard InChI is InChI=1S/C32H43FN2O5/c1-32(2,3)40-31(37)35-20-26(18-29(35)30(36)38-5)39-25-14-15-28(33)24(17-25)16-21-10-12-22(13-11-21)27-9-7-6-8-23(27)19-34-4/h6-9,14-15,17,21-22,26,29,34H,10-13,16,18-20H2,1-5H3/t21?,22?,26-,29-/m0/s1. The van der Waals surface area contributed by atoms with Crippen molar-refractivity contribution >= 4 is 12.1 Å². The predicted molar refractivity (Wildman–Crippen MR) is 152 cm³/mol. The van der Waals surface area contributed by atoms with Gasteiger partial charge in [-0.05, 0) is 107 Å². The summed E-state index contributed by atoms with van der Waals surface area (Å²) < 4.78 is 31.5. The quantitative estimate of drug-likeness (QED) is 0.404. The topological polar surface area (TPSA) is 77.1 Å². The highest BCUT2D eigenvalue weighted by atomic mass is 19.1. The van der Waals surface area contributed by atoms with Crippen molar-refractivity contribution in [2.75, 3.05) is 20.7 Å². The van der Waals surface area contributed by atoms with E-state index in [1.807, 2.05) is 7.05 Å². The minimum absolute atomic E-state index is 0.181. The Kier molecular flexibility index (Phi) is 9.72. The van der Waals surface area contributed by atoms with Crippen LogP contribution in [0.1, 0.15) is 75.5 Å². The summed E-state index contributed by atoms with van der Waals surface area (Å²) in [6, 6.07) is 12.7. The van der Waals surface area contributed by atoms with Gasteiger partial charge in [0.2, 0.25) is 0 Å². The van der Waals surface area contributed by atoms with E-state index in [9.17, 15) is 14.0 Å². The number of amides is 1. The molecule has 1 aliphatic carbocycles. The van der Waals surface area contributed by atoms with Gasteiger partial charge in [0.1, 0.15) is 29.3 Å². The summed E-state index contributed by atoms with van der Waals surface area (Å²) in [7, 11) is 3.27. The normalized spacial score (nSPS) is 23.1. The number of esters is 1. The van der Waals surface area contributed by atoms with Crippen LogP contribution in [0.25, 0.3) is 0 Å². The SMILES string of the molecule is CNCc1ccccc1C1CCC(Cc2cc(O[C@H]3C[C@@H](C(=O)OC)N(C(=O)OC(C)(C)C)C3)ccc2F)CC1. The van der Waals surface area contributed by atoms with Gasteiger partial charge in [-0.2, -0.15) is 0 Å². The Morgan fingerprint density at radius 2 is 1.77 bits per heavy atom. The van der Waals surface area contributed by atoms with Crippen LogP contribution < -0.4 is 10.1 Å². The average Bonchev–Trinajstić information content (AvgIpc) is 3.34. The van der Waals surface area contributed by atoms with Crippen LogP contribution >= 0.6 is 0 Å². The van der Waals surface area contributed by atoms with Crippen molar-refractivity contribution in [1.29, 1.82) is 0 Å². The molecule has 2 aromatic rings. The number of benzene rings is 2. The van der Waals surface area contributed by atoms with Crippen LogP contribution in [0.2, 0.25) is 0 Å². The minimum atomic E-state index is -0.793. The summed E-state index contributed by atoms with van der Waals surface area (Å²) in [6.45, 7) is 6.37. The molecule has 0 spiro atoms. The molecule has 0 radical (unpaired) electrons. The molecule has 4 rings (SSSR count). The average molecular weight is 555 g/mol. The summed E-state index contributed by atoms with van der Waals surface area (Å²) in [5, 5.41) is 3.27. The Bertz CT molecular complexity index is 1170. The maximum absolute atomic E-state index is 14.9. The van der Waals surface area contributed by atoms with Gasteiger partial charge < -0.3 is 19.5 Å². The Hall–Kier alpha value is -3.13. The fourth-order valence-corrected chi connectivity index (χ4v) is 6.01. The number of methoxy groups -OCH3 is 1. The molecule has 2 fully saturated rings.